The fraction of sp³-hybridized carbons (Fsp3) is 0.333. The Hall–Kier alpha value is -3.64. The number of carbonyl (C=O) groups is 1. The summed E-state index contributed by atoms with van der Waals surface area (Å²) in [6.45, 7) is 3.37. The number of benzene rings is 2. The van der Waals surface area contributed by atoms with Gasteiger partial charge in [0.15, 0.2) is 6.29 Å². The molecule has 3 aromatic rings. The summed E-state index contributed by atoms with van der Waals surface area (Å²) in [6, 6.07) is 13.4. The highest BCUT2D eigenvalue weighted by molar-refractivity contribution is 5.83. The van der Waals surface area contributed by atoms with Crippen LogP contribution in [-0.4, -0.2) is 64.0 Å². The number of nitrogens with one attached hydrogen (secondary N) is 3. The minimum atomic E-state index is -1.08. The highest BCUT2D eigenvalue weighted by Crippen LogP contribution is 2.29. The van der Waals surface area contributed by atoms with Crippen molar-refractivity contribution in [2.24, 2.45) is 11.6 Å². The van der Waals surface area contributed by atoms with Gasteiger partial charge in [-0.3, -0.25) is 21.2 Å². The van der Waals surface area contributed by atoms with Crippen molar-refractivity contribution in [1.82, 2.24) is 20.5 Å². The summed E-state index contributed by atoms with van der Waals surface area (Å²) in [5.41, 5.74) is 10.9. The van der Waals surface area contributed by atoms with Crippen LogP contribution in [0.2, 0.25) is 0 Å². The van der Waals surface area contributed by atoms with Gasteiger partial charge in [-0.25, -0.2) is 10.6 Å². The molecule has 2 unspecified atom stereocenters. The van der Waals surface area contributed by atoms with Crippen molar-refractivity contribution < 1.29 is 14.6 Å². The molecular weight excluding hydrogens is 448 g/mol. The first-order valence-electron chi connectivity index (χ1n) is 11.6. The van der Waals surface area contributed by atoms with Gasteiger partial charge in [-0.1, -0.05) is 12.1 Å². The van der Waals surface area contributed by atoms with Gasteiger partial charge in [0, 0.05) is 35.9 Å². The van der Waals surface area contributed by atoms with Crippen molar-refractivity contribution in [3.05, 3.63) is 66.0 Å². The van der Waals surface area contributed by atoms with E-state index in [2.05, 4.69) is 33.8 Å². The molecule has 4 atom stereocenters. The summed E-state index contributed by atoms with van der Waals surface area (Å²) in [7, 11) is 0. The van der Waals surface area contributed by atoms with Gasteiger partial charge in [0.25, 0.3) is 0 Å². The molecule has 1 aromatic heterocycles. The number of ether oxygens (including phenoxy) is 1. The number of hydrogen-bond donors (Lipinski definition) is 6. The smallest absolute Gasteiger partial charge is 0.409 e. The van der Waals surface area contributed by atoms with Crippen molar-refractivity contribution in [2.45, 2.75) is 37.9 Å². The SMILES string of the molecule is C[C@H]1NC[C@H](Cc2ccc(NC(=O)O)cc2)OC1C1=CCN(c2ccc3cn[nH]c3c2)C(N)N1N. The van der Waals surface area contributed by atoms with Gasteiger partial charge in [-0.15, -0.1) is 0 Å². The fourth-order valence-corrected chi connectivity index (χ4v) is 4.69. The van der Waals surface area contributed by atoms with E-state index in [4.69, 9.17) is 21.4 Å². The van der Waals surface area contributed by atoms with Crippen LogP contribution in [-0.2, 0) is 11.2 Å². The van der Waals surface area contributed by atoms with E-state index in [-0.39, 0.29) is 18.2 Å². The molecule has 0 spiro atoms. The zero-order valence-electron chi connectivity index (χ0n) is 19.4. The quantitative estimate of drug-likeness (QED) is 0.301. The van der Waals surface area contributed by atoms with E-state index in [1.54, 1.807) is 23.3 Å². The standard InChI is InChI=1S/C24H30N8O3/c1-14-22(35-19(13-27-14)10-15-2-5-17(6-3-15)29-24(33)34)21-8-9-31(23(25)32(21)26)18-7-4-16-12-28-30-20(16)11-18/h2-8,11-12,14,19,22-23,27,29H,9-10,13,25-26H2,1H3,(H,28,30)(H,33,34)/t14-,19+,22?,23?/m1/s1. The summed E-state index contributed by atoms with van der Waals surface area (Å²) in [4.78, 5) is 12.8. The zero-order chi connectivity index (χ0) is 24.5. The second-order valence-corrected chi connectivity index (χ2v) is 8.95. The van der Waals surface area contributed by atoms with Gasteiger partial charge >= 0.3 is 6.09 Å². The molecule has 184 valence electrons. The molecule has 8 N–H and O–H groups in total. The average Bonchev–Trinajstić information content (AvgIpc) is 3.31. The number of carboxylic acid groups (broad SMARTS) is 1. The Kier molecular flexibility index (Phi) is 6.31. The van der Waals surface area contributed by atoms with Crippen LogP contribution in [0.3, 0.4) is 0 Å². The molecular formula is C24H30N8O3. The summed E-state index contributed by atoms with van der Waals surface area (Å²) in [6.07, 6.45) is 2.58. The van der Waals surface area contributed by atoms with E-state index in [1.807, 2.05) is 35.2 Å². The Morgan fingerprint density at radius 1 is 1.29 bits per heavy atom. The number of anilines is 2. The van der Waals surface area contributed by atoms with E-state index < -0.39 is 12.4 Å². The predicted octanol–water partition coefficient (Wildman–Crippen LogP) is 1.76. The Morgan fingerprint density at radius 3 is 2.86 bits per heavy atom. The highest BCUT2D eigenvalue weighted by atomic mass is 16.5. The Balaban J connectivity index is 1.28. The molecule has 2 aliphatic heterocycles. The molecule has 35 heavy (non-hydrogen) atoms. The van der Waals surface area contributed by atoms with Gasteiger partial charge in [0.1, 0.15) is 6.10 Å². The molecule has 3 heterocycles. The van der Waals surface area contributed by atoms with Crippen molar-refractivity contribution in [1.29, 1.82) is 0 Å². The lowest BCUT2D eigenvalue weighted by Gasteiger charge is -2.46. The zero-order valence-corrected chi connectivity index (χ0v) is 19.4. The maximum Gasteiger partial charge on any atom is 0.409 e. The Bertz CT molecular complexity index is 1230. The number of hydrazine groups is 1. The molecule has 0 saturated carbocycles. The Labute approximate surface area is 202 Å². The van der Waals surface area contributed by atoms with Crippen LogP contribution in [0.25, 0.3) is 10.9 Å². The van der Waals surface area contributed by atoms with Crippen molar-refractivity contribution in [3.63, 3.8) is 0 Å². The maximum absolute atomic E-state index is 10.8. The molecule has 0 bridgehead atoms. The monoisotopic (exact) mass is 478 g/mol. The van der Waals surface area contributed by atoms with E-state index >= 15 is 0 Å². The van der Waals surface area contributed by atoms with Gasteiger partial charge in [0.2, 0.25) is 0 Å². The van der Waals surface area contributed by atoms with E-state index in [0.717, 1.165) is 27.9 Å². The van der Waals surface area contributed by atoms with Gasteiger partial charge in [0.05, 0.1) is 23.5 Å². The molecule has 2 aliphatic rings. The van der Waals surface area contributed by atoms with Gasteiger partial charge in [-0.05, 0) is 55.3 Å². The van der Waals surface area contributed by atoms with Crippen LogP contribution in [0.1, 0.15) is 12.5 Å². The minimum absolute atomic E-state index is 0.0609. The fourth-order valence-electron chi connectivity index (χ4n) is 4.69. The summed E-state index contributed by atoms with van der Waals surface area (Å²) >= 11 is 0. The Morgan fingerprint density at radius 2 is 2.09 bits per heavy atom. The summed E-state index contributed by atoms with van der Waals surface area (Å²) < 4.78 is 6.49. The average molecular weight is 479 g/mol. The summed E-state index contributed by atoms with van der Waals surface area (Å²) in [5, 5.41) is 24.4. The molecule has 11 nitrogen and oxygen atoms in total. The number of H-pyrrole nitrogens is 1. The van der Waals surface area contributed by atoms with E-state index in [9.17, 15) is 4.79 Å². The lowest BCUT2D eigenvalue weighted by atomic mass is 10.0. The van der Waals surface area contributed by atoms with E-state index in [1.165, 1.54) is 0 Å². The molecule has 0 radical (unpaired) electrons. The molecule has 1 saturated heterocycles. The number of rotatable bonds is 5. The molecule has 1 fully saturated rings. The van der Waals surface area contributed by atoms with Crippen LogP contribution in [0.4, 0.5) is 16.2 Å². The third-order valence-corrected chi connectivity index (χ3v) is 6.58. The van der Waals surface area contributed by atoms with Crippen LogP contribution in [0, 0.1) is 0 Å². The first-order chi connectivity index (χ1) is 16.9. The topological polar surface area (TPSA) is 158 Å². The second-order valence-electron chi connectivity index (χ2n) is 8.95. The number of nitrogens with two attached hydrogens (primary N) is 2. The van der Waals surface area contributed by atoms with Crippen LogP contribution < -0.4 is 27.1 Å². The minimum Gasteiger partial charge on any atom is -0.465 e. The molecule has 2 aromatic carbocycles. The van der Waals surface area contributed by atoms with Crippen LogP contribution in [0.15, 0.2) is 60.4 Å². The first-order valence-corrected chi connectivity index (χ1v) is 11.6. The number of amides is 1. The van der Waals surface area contributed by atoms with Crippen molar-refractivity contribution >= 4 is 28.4 Å². The lowest BCUT2D eigenvalue weighted by molar-refractivity contribution is -0.0550. The number of morpholine rings is 1. The molecule has 11 heteroatoms. The maximum atomic E-state index is 10.8. The number of aromatic nitrogens is 2. The van der Waals surface area contributed by atoms with Crippen LogP contribution in [0.5, 0.6) is 0 Å². The van der Waals surface area contributed by atoms with E-state index in [0.29, 0.717) is 25.2 Å². The van der Waals surface area contributed by atoms with Gasteiger partial charge < -0.3 is 20.1 Å². The number of nitrogens with zero attached hydrogens (tertiary/aromatic N) is 3. The third-order valence-electron chi connectivity index (χ3n) is 6.58. The van der Waals surface area contributed by atoms with Crippen molar-refractivity contribution in [2.75, 3.05) is 23.3 Å². The van der Waals surface area contributed by atoms with Crippen molar-refractivity contribution in [3.8, 4) is 0 Å². The molecule has 5 rings (SSSR count). The largest absolute Gasteiger partial charge is 0.465 e. The van der Waals surface area contributed by atoms with Gasteiger partial charge in [-0.2, -0.15) is 5.10 Å². The number of hydrogen-bond acceptors (Lipinski definition) is 8. The molecule has 1 amide bonds. The third kappa shape index (κ3) is 4.80. The number of fused-ring (bicyclic) bond motifs is 1. The normalized spacial score (nSPS) is 24.9. The second kappa shape index (κ2) is 9.55. The lowest BCUT2D eigenvalue weighted by Crippen LogP contribution is -2.64. The first kappa shape index (κ1) is 23.1. The van der Waals surface area contributed by atoms with Crippen LogP contribution >= 0.6 is 0 Å². The highest BCUT2D eigenvalue weighted by Gasteiger charge is 2.37. The summed E-state index contributed by atoms with van der Waals surface area (Å²) in [5.74, 6) is 6.51. The predicted molar refractivity (Wildman–Crippen MR) is 133 cm³/mol. The number of aromatic amines is 1. The molecule has 0 aliphatic carbocycles.